The summed E-state index contributed by atoms with van der Waals surface area (Å²) in [7, 11) is 0. The van der Waals surface area contributed by atoms with Crippen LogP contribution in [0.5, 0.6) is 0 Å². The van der Waals surface area contributed by atoms with Gasteiger partial charge in [0.1, 0.15) is 10.9 Å². The van der Waals surface area contributed by atoms with E-state index >= 15 is 0 Å². The highest BCUT2D eigenvalue weighted by atomic mass is 16.5. The van der Waals surface area contributed by atoms with E-state index in [1.54, 1.807) is 13.0 Å². The lowest BCUT2D eigenvalue weighted by molar-refractivity contribution is -0.681. The fourth-order valence-corrected chi connectivity index (χ4v) is 0.352. The van der Waals surface area contributed by atoms with E-state index in [1.807, 2.05) is 0 Å². The van der Waals surface area contributed by atoms with Gasteiger partial charge in [0, 0.05) is 13.0 Å². The van der Waals surface area contributed by atoms with Crippen LogP contribution >= 0.6 is 0 Å². The topological polar surface area (TPSA) is 52.7 Å². The van der Waals surface area contributed by atoms with E-state index in [0.29, 0.717) is 10.5 Å². The molecule has 0 unspecified atom stereocenters. The highest BCUT2D eigenvalue weighted by Crippen LogP contribution is 1.77. The van der Waals surface area contributed by atoms with Crippen LogP contribution in [0.3, 0.4) is 0 Å². The Hall–Kier alpha value is -1.19. The molecule has 0 spiro atoms. The molecular formula is C4H5N3O. The summed E-state index contributed by atoms with van der Waals surface area (Å²) in [5.74, 6) is 0. The first-order valence-corrected chi connectivity index (χ1v) is 2.19. The molecule has 0 aromatic carbocycles. The molecule has 1 aromatic rings. The zero-order chi connectivity index (χ0) is 5.98. The molecule has 0 atom stereocenters. The Balaban J connectivity index is 3.13. The SMILES string of the molecule is Cc1ccnn[n+]1[O-]. The van der Waals surface area contributed by atoms with Gasteiger partial charge in [-0.25, -0.2) is 0 Å². The summed E-state index contributed by atoms with van der Waals surface area (Å²) in [6, 6.07) is 1.60. The Morgan fingerprint density at radius 1 is 1.75 bits per heavy atom. The van der Waals surface area contributed by atoms with Crippen LogP contribution < -0.4 is 4.85 Å². The molecule has 8 heavy (non-hydrogen) atoms. The van der Waals surface area contributed by atoms with Crippen LogP contribution in [-0.2, 0) is 0 Å². The maximum Gasteiger partial charge on any atom is 0.171 e. The molecule has 1 rings (SSSR count). The van der Waals surface area contributed by atoms with Gasteiger partial charge in [-0.15, -0.1) is 4.85 Å². The number of nitrogens with zero attached hydrogens (tertiary/aromatic N) is 3. The molecule has 0 aliphatic rings. The molecule has 1 aromatic heterocycles. The number of hydrogen-bond acceptors (Lipinski definition) is 3. The smallest absolute Gasteiger partial charge is 0.171 e. The lowest BCUT2D eigenvalue weighted by Crippen LogP contribution is -2.35. The molecule has 1 heterocycles. The quantitative estimate of drug-likeness (QED) is 0.332. The largest absolute Gasteiger partial charge is 0.691 e. The summed E-state index contributed by atoms with van der Waals surface area (Å²) in [6.45, 7) is 1.67. The van der Waals surface area contributed by atoms with Crippen molar-refractivity contribution >= 4 is 0 Å². The second-order valence-corrected chi connectivity index (χ2v) is 1.43. The number of rotatable bonds is 0. The zero-order valence-corrected chi connectivity index (χ0v) is 4.40. The fourth-order valence-electron chi connectivity index (χ4n) is 0.352. The molecule has 0 N–H and O–H groups in total. The van der Waals surface area contributed by atoms with Crippen LogP contribution in [0, 0.1) is 12.1 Å². The van der Waals surface area contributed by atoms with Crippen LogP contribution in [0.4, 0.5) is 0 Å². The fraction of sp³-hybridized carbons (Fsp3) is 0.250. The lowest BCUT2D eigenvalue weighted by Gasteiger charge is -1.95. The van der Waals surface area contributed by atoms with Gasteiger partial charge in [-0.1, -0.05) is 0 Å². The van der Waals surface area contributed by atoms with Crippen molar-refractivity contribution in [2.75, 3.05) is 0 Å². The predicted molar refractivity (Wildman–Crippen MR) is 25.7 cm³/mol. The molecule has 0 saturated carbocycles. The van der Waals surface area contributed by atoms with Crippen molar-refractivity contribution in [1.82, 2.24) is 10.3 Å². The second-order valence-electron chi connectivity index (χ2n) is 1.43. The van der Waals surface area contributed by atoms with Crippen molar-refractivity contribution in [3.8, 4) is 0 Å². The van der Waals surface area contributed by atoms with Gasteiger partial charge in [-0.05, 0) is 0 Å². The van der Waals surface area contributed by atoms with E-state index in [-0.39, 0.29) is 0 Å². The number of aryl methyl sites for hydroxylation is 1. The van der Waals surface area contributed by atoms with Crippen molar-refractivity contribution in [2.45, 2.75) is 6.92 Å². The van der Waals surface area contributed by atoms with Gasteiger partial charge >= 0.3 is 0 Å². The molecule has 0 saturated heterocycles. The van der Waals surface area contributed by atoms with Crippen molar-refractivity contribution < 1.29 is 4.85 Å². The number of hydrogen-bond donors (Lipinski definition) is 0. The van der Waals surface area contributed by atoms with E-state index in [9.17, 15) is 5.21 Å². The Morgan fingerprint density at radius 3 is 2.88 bits per heavy atom. The van der Waals surface area contributed by atoms with Crippen LogP contribution in [0.15, 0.2) is 12.3 Å². The standard InChI is InChI=1S/C4H5N3O/c1-4-2-3-5-6-7(4)8/h2-3H,1H3. The molecule has 0 radical (unpaired) electrons. The van der Waals surface area contributed by atoms with Gasteiger partial charge in [0.05, 0.1) is 5.10 Å². The van der Waals surface area contributed by atoms with E-state index < -0.39 is 0 Å². The molecule has 42 valence electrons. The second kappa shape index (κ2) is 1.73. The molecule has 4 heteroatoms. The van der Waals surface area contributed by atoms with E-state index in [0.717, 1.165) is 0 Å². The van der Waals surface area contributed by atoms with Crippen molar-refractivity contribution in [1.29, 1.82) is 0 Å². The Bertz CT molecular complexity index is 167. The summed E-state index contributed by atoms with van der Waals surface area (Å²) in [4.78, 5) is 0.472. The summed E-state index contributed by atoms with van der Waals surface area (Å²) >= 11 is 0. The van der Waals surface area contributed by atoms with Crippen molar-refractivity contribution in [3.63, 3.8) is 0 Å². The molecular weight excluding hydrogens is 106 g/mol. The van der Waals surface area contributed by atoms with Crippen LogP contribution in [0.25, 0.3) is 0 Å². The number of aromatic nitrogens is 3. The minimum Gasteiger partial charge on any atom is -0.691 e. The first kappa shape index (κ1) is 4.96. The first-order chi connectivity index (χ1) is 3.80. The van der Waals surface area contributed by atoms with Crippen LogP contribution in [-0.4, -0.2) is 10.3 Å². The van der Waals surface area contributed by atoms with Crippen LogP contribution in [0.1, 0.15) is 5.69 Å². The third kappa shape index (κ3) is 0.726. The maximum absolute atomic E-state index is 10.4. The average molecular weight is 111 g/mol. The summed E-state index contributed by atoms with van der Waals surface area (Å²) < 4.78 is 0. The minimum absolute atomic E-state index is 0.472. The minimum atomic E-state index is 0.472. The van der Waals surface area contributed by atoms with Gasteiger partial charge in [-0.3, -0.25) is 0 Å². The Labute approximate surface area is 46.4 Å². The first-order valence-electron chi connectivity index (χ1n) is 2.19. The molecule has 4 nitrogen and oxygen atoms in total. The zero-order valence-electron chi connectivity index (χ0n) is 4.40. The Morgan fingerprint density at radius 2 is 2.50 bits per heavy atom. The van der Waals surface area contributed by atoms with Gasteiger partial charge in [-0.2, -0.15) is 0 Å². The molecule has 0 fully saturated rings. The molecule has 0 aliphatic carbocycles. The van der Waals surface area contributed by atoms with E-state index in [4.69, 9.17) is 0 Å². The highest BCUT2D eigenvalue weighted by molar-refractivity contribution is 4.84. The van der Waals surface area contributed by atoms with Crippen LogP contribution in [0.2, 0.25) is 0 Å². The summed E-state index contributed by atoms with van der Waals surface area (Å²) in [5.41, 5.74) is 0.556. The highest BCUT2D eigenvalue weighted by Gasteiger charge is 1.90. The van der Waals surface area contributed by atoms with Gasteiger partial charge in [0.2, 0.25) is 0 Å². The van der Waals surface area contributed by atoms with Crippen molar-refractivity contribution in [2.24, 2.45) is 0 Å². The predicted octanol–water partition coefficient (Wildman–Crippen LogP) is -0.582. The average Bonchev–Trinajstić information content (AvgIpc) is 1.77. The molecule has 0 aliphatic heterocycles. The monoisotopic (exact) mass is 111 g/mol. The van der Waals surface area contributed by atoms with Gasteiger partial charge in [0.15, 0.2) is 6.20 Å². The third-order valence-corrected chi connectivity index (χ3v) is 0.817. The van der Waals surface area contributed by atoms with Crippen molar-refractivity contribution in [3.05, 3.63) is 23.2 Å². The summed E-state index contributed by atoms with van der Waals surface area (Å²) in [5, 5.41) is 16.9. The molecule has 0 amide bonds. The molecule has 0 bridgehead atoms. The van der Waals surface area contributed by atoms with E-state index in [2.05, 4.69) is 10.3 Å². The normalized spacial score (nSPS) is 9.12. The lowest BCUT2D eigenvalue weighted by atomic mass is 10.5. The maximum atomic E-state index is 10.4. The summed E-state index contributed by atoms with van der Waals surface area (Å²) in [6.07, 6.45) is 1.48. The third-order valence-electron chi connectivity index (χ3n) is 0.817. The Kier molecular flexibility index (Phi) is 1.07. The van der Waals surface area contributed by atoms with E-state index in [1.165, 1.54) is 6.20 Å². The van der Waals surface area contributed by atoms with Gasteiger partial charge < -0.3 is 5.21 Å². The van der Waals surface area contributed by atoms with Gasteiger partial charge in [0.25, 0.3) is 0 Å².